The zero-order valence-corrected chi connectivity index (χ0v) is 21.3. The minimum absolute atomic E-state index is 0.119. The maximum absolute atomic E-state index is 15.3. The largest absolute Gasteiger partial charge is 0.428 e. The molecule has 9 nitrogen and oxygen atoms in total. The van der Waals surface area contributed by atoms with Crippen molar-refractivity contribution in [3.8, 4) is 16.9 Å². The molecule has 38 heavy (non-hydrogen) atoms. The van der Waals surface area contributed by atoms with Crippen LogP contribution in [0.25, 0.3) is 17.3 Å². The molecular weight excluding hydrogens is 523 g/mol. The quantitative estimate of drug-likeness (QED) is 0.491. The number of aliphatic hydroxyl groups is 1. The monoisotopic (exact) mass is 546 g/mol. The van der Waals surface area contributed by atoms with Crippen LogP contribution in [-0.4, -0.2) is 55.1 Å². The summed E-state index contributed by atoms with van der Waals surface area (Å²) in [6.07, 6.45) is 4.81. The fourth-order valence-corrected chi connectivity index (χ4v) is 6.80. The predicted molar refractivity (Wildman–Crippen MR) is 133 cm³/mol. The second-order valence-corrected chi connectivity index (χ2v) is 12.0. The van der Waals surface area contributed by atoms with Gasteiger partial charge in [0, 0.05) is 29.6 Å². The zero-order chi connectivity index (χ0) is 27.2. The number of rotatable bonds is 5. The van der Waals surface area contributed by atoms with Crippen molar-refractivity contribution < 1.29 is 31.4 Å². The van der Waals surface area contributed by atoms with E-state index in [1.165, 1.54) is 48.7 Å². The number of quaternary nitrogens is 1. The number of benzene rings is 2. The number of halogens is 3. The van der Waals surface area contributed by atoms with Crippen molar-refractivity contribution in [1.82, 2.24) is 14.5 Å². The SMILES string of the molecule is CC(C)(O)c1ncc(-c2cc3c(cc2F)=N[C@@H]2C[N@@+]4(C=3)c3c(OC(F)F)cccc3N(S(C)(=O)=O)C24)cn1. The molecule has 1 fully saturated rings. The van der Waals surface area contributed by atoms with E-state index < -0.39 is 40.3 Å². The van der Waals surface area contributed by atoms with E-state index in [0.717, 1.165) is 6.26 Å². The average molecular weight is 547 g/mol. The Morgan fingerprint density at radius 2 is 1.92 bits per heavy atom. The molecule has 4 heterocycles. The van der Waals surface area contributed by atoms with Crippen molar-refractivity contribution >= 4 is 27.6 Å². The minimum Gasteiger partial charge on any atom is -0.428 e. The number of hydrogen-bond acceptors (Lipinski definition) is 7. The number of anilines is 1. The Bertz CT molecular complexity index is 1710. The lowest BCUT2D eigenvalue weighted by Gasteiger charge is -2.49. The number of alkyl halides is 2. The molecule has 3 aliphatic rings. The molecule has 1 spiro atoms. The molecule has 3 atom stereocenters. The van der Waals surface area contributed by atoms with E-state index in [4.69, 9.17) is 4.74 Å². The van der Waals surface area contributed by atoms with Gasteiger partial charge in [-0.25, -0.2) is 31.6 Å². The molecule has 1 N–H and O–H groups in total. The van der Waals surface area contributed by atoms with E-state index >= 15 is 4.39 Å². The second-order valence-electron chi connectivity index (χ2n) is 10.2. The summed E-state index contributed by atoms with van der Waals surface area (Å²) in [4.78, 5) is 13.0. The zero-order valence-electron chi connectivity index (χ0n) is 20.5. The summed E-state index contributed by atoms with van der Waals surface area (Å²) >= 11 is 0. The molecule has 1 aromatic heterocycles. The van der Waals surface area contributed by atoms with Gasteiger partial charge in [-0.2, -0.15) is 8.78 Å². The van der Waals surface area contributed by atoms with Gasteiger partial charge in [0.05, 0.1) is 16.8 Å². The maximum atomic E-state index is 15.3. The van der Waals surface area contributed by atoms with Crippen molar-refractivity contribution in [2.75, 3.05) is 17.1 Å². The Balaban J connectivity index is 1.57. The Morgan fingerprint density at radius 1 is 1.21 bits per heavy atom. The normalized spacial score (nSPS) is 23.4. The summed E-state index contributed by atoms with van der Waals surface area (Å²) in [6, 6.07) is 6.67. The van der Waals surface area contributed by atoms with Gasteiger partial charge < -0.3 is 9.84 Å². The second kappa shape index (κ2) is 7.98. The van der Waals surface area contributed by atoms with Gasteiger partial charge in [-0.3, -0.25) is 4.99 Å². The first kappa shape index (κ1) is 24.8. The van der Waals surface area contributed by atoms with Crippen molar-refractivity contribution in [3.05, 3.63) is 64.9 Å². The van der Waals surface area contributed by atoms with Gasteiger partial charge in [-0.15, -0.1) is 0 Å². The summed E-state index contributed by atoms with van der Waals surface area (Å²) in [5, 5.41) is 10.9. The molecule has 2 aromatic carbocycles. The van der Waals surface area contributed by atoms with Gasteiger partial charge in [0.1, 0.15) is 29.9 Å². The van der Waals surface area contributed by atoms with Crippen LogP contribution in [-0.2, 0) is 15.6 Å². The molecule has 1 unspecified atom stereocenters. The summed E-state index contributed by atoms with van der Waals surface area (Å²) in [7, 11) is -3.83. The number of ether oxygens (including phenoxy) is 1. The maximum Gasteiger partial charge on any atom is 0.387 e. The molecular formula is C25H23F3N5O4S+. The van der Waals surface area contributed by atoms with Crippen LogP contribution in [0.4, 0.5) is 24.5 Å². The number of hydrogen-bond donors (Lipinski definition) is 1. The Morgan fingerprint density at radius 3 is 2.55 bits per heavy atom. The van der Waals surface area contributed by atoms with Crippen LogP contribution in [0.1, 0.15) is 19.7 Å². The number of sulfonamides is 1. The molecule has 2 bridgehead atoms. The topological polar surface area (TPSA) is 105 Å². The standard InChI is InChI=1S/C25H23F3N5O4S/c1-25(2,34)23-29-9-14(10-30-23)15-7-13-11-33-12-18(31-17(13)8-16(15)26)22(33)32(38(3,35)36)19-5-4-6-20(21(19)33)37-24(27)28/h4-11,18,22,24,34H,12H2,1-3H3/q+1/t18-,22?,33+/m1/s1. The summed E-state index contributed by atoms with van der Waals surface area (Å²) in [5.74, 6) is -0.547. The fourth-order valence-electron chi connectivity index (χ4n) is 5.59. The van der Waals surface area contributed by atoms with Crippen molar-refractivity contribution in [2.24, 2.45) is 4.99 Å². The third-order valence-electron chi connectivity index (χ3n) is 7.05. The van der Waals surface area contributed by atoms with E-state index in [-0.39, 0.29) is 39.5 Å². The predicted octanol–water partition coefficient (Wildman–Crippen LogP) is 1.98. The number of fused-ring (bicyclic) bond motifs is 4. The highest BCUT2D eigenvalue weighted by Gasteiger charge is 2.68. The molecule has 3 aliphatic heterocycles. The molecule has 0 radical (unpaired) electrons. The van der Waals surface area contributed by atoms with E-state index in [0.29, 0.717) is 16.1 Å². The van der Waals surface area contributed by atoms with Crippen LogP contribution in [0.3, 0.4) is 0 Å². The fraction of sp³-hybridized carbons (Fsp3) is 0.320. The highest BCUT2D eigenvalue weighted by molar-refractivity contribution is 7.92. The number of aromatic nitrogens is 2. The van der Waals surface area contributed by atoms with E-state index in [2.05, 4.69) is 15.0 Å². The smallest absolute Gasteiger partial charge is 0.387 e. The van der Waals surface area contributed by atoms with E-state index in [1.807, 2.05) is 0 Å². The van der Waals surface area contributed by atoms with Crippen LogP contribution in [0.5, 0.6) is 5.75 Å². The molecule has 198 valence electrons. The molecule has 0 aliphatic carbocycles. The first-order valence-electron chi connectivity index (χ1n) is 11.7. The van der Waals surface area contributed by atoms with Crippen LogP contribution in [0, 0.1) is 5.82 Å². The van der Waals surface area contributed by atoms with Crippen LogP contribution < -0.4 is 24.1 Å². The average Bonchev–Trinajstić information content (AvgIpc) is 2.89. The molecule has 0 saturated carbocycles. The third-order valence-corrected chi connectivity index (χ3v) is 8.18. The van der Waals surface area contributed by atoms with Gasteiger partial charge >= 0.3 is 6.61 Å². The Labute approximate surface area is 215 Å². The van der Waals surface area contributed by atoms with Crippen LogP contribution >= 0.6 is 0 Å². The lowest BCUT2D eigenvalue weighted by atomic mass is 10.0. The highest BCUT2D eigenvalue weighted by atomic mass is 32.2. The van der Waals surface area contributed by atoms with E-state index in [9.17, 15) is 22.3 Å². The lowest BCUT2D eigenvalue weighted by molar-refractivity contribution is -0.0505. The highest BCUT2D eigenvalue weighted by Crippen LogP contribution is 2.58. The number of para-hydroxylation sites is 1. The molecule has 6 rings (SSSR count). The van der Waals surface area contributed by atoms with E-state index in [1.54, 1.807) is 18.3 Å². The molecule has 0 amide bonds. The van der Waals surface area contributed by atoms with Gasteiger partial charge in [0.25, 0.3) is 0 Å². The van der Waals surface area contributed by atoms with Gasteiger partial charge in [-0.1, -0.05) is 6.07 Å². The first-order valence-corrected chi connectivity index (χ1v) is 13.6. The summed E-state index contributed by atoms with van der Waals surface area (Å²) in [5.41, 5.74) is -0.221. The van der Waals surface area contributed by atoms with Crippen molar-refractivity contribution in [1.29, 1.82) is 0 Å². The molecule has 3 aromatic rings. The summed E-state index contributed by atoms with van der Waals surface area (Å²) < 4.78 is 73.6. The van der Waals surface area contributed by atoms with Crippen molar-refractivity contribution in [3.63, 3.8) is 0 Å². The van der Waals surface area contributed by atoms with Crippen LogP contribution in [0.2, 0.25) is 0 Å². The Kier molecular flexibility index (Phi) is 5.20. The molecule has 1 saturated heterocycles. The van der Waals surface area contributed by atoms with Gasteiger partial charge in [-0.05, 0) is 32.0 Å². The van der Waals surface area contributed by atoms with Gasteiger partial charge in [0.15, 0.2) is 17.6 Å². The third kappa shape index (κ3) is 3.60. The Hall–Kier alpha value is -3.55. The lowest BCUT2D eigenvalue weighted by Crippen LogP contribution is -2.74. The molecule has 13 heteroatoms. The van der Waals surface area contributed by atoms with Gasteiger partial charge in [0.2, 0.25) is 21.9 Å². The number of nitrogens with zero attached hydrogens (tertiary/aromatic N) is 5. The van der Waals surface area contributed by atoms with Crippen LogP contribution in [0.15, 0.2) is 47.7 Å². The summed E-state index contributed by atoms with van der Waals surface area (Å²) in [6.45, 7) is 0.236. The van der Waals surface area contributed by atoms with Crippen molar-refractivity contribution in [2.45, 2.75) is 38.3 Å². The first-order chi connectivity index (χ1) is 17.8. The minimum atomic E-state index is -3.83.